The number of nitrogens with zero attached hydrogens (tertiary/aromatic N) is 2. The van der Waals surface area contributed by atoms with Crippen LogP contribution < -0.4 is 10.1 Å². The Morgan fingerprint density at radius 1 is 1.11 bits per heavy atom. The van der Waals surface area contributed by atoms with E-state index in [-0.39, 0.29) is 5.75 Å². The quantitative estimate of drug-likeness (QED) is 0.347. The summed E-state index contributed by atoms with van der Waals surface area (Å²) in [5.41, 5.74) is 1.32. The highest BCUT2D eigenvalue weighted by Crippen LogP contribution is 2.35. The van der Waals surface area contributed by atoms with E-state index in [4.69, 9.17) is 4.74 Å². The monoisotopic (exact) mass is 489 g/mol. The Labute approximate surface area is 200 Å². The molecule has 11 heteroatoms. The number of carbonyl (C=O) groups is 4. The van der Waals surface area contributed by atoms with Gasteiger partial charge in [-0.2, -0.15) is 8.78 Å². The molecule has 3 amide bonds. The van der Waals surface area contributed by atoms with Crippen molar-refractivity contribution in [3.8, 4) is 11.4 Å². The second-order valence-corrected chi connectivity index (χ2v) is 8.69. The minimum Gasteiger partial charge on any atom is -0.456 e. The van der Waals surface area contributed by atoms with E-state index in [1.165, 1.54) is 12.1 Å². The molecular formula is C24H25F2N3O6. The zero-order valence-corrected chi connectivity index (χ0v) is 19.3. The van der Waals surface area contributed by atoms with Crippen molar-refractivity contribution in [3.05, 3.63) is 47.3 Å². The molecule has 35 heavy (non-hydrogen) atoms. The first-order chi connectivity index (χ1) is 16.6. The summed E-state index contributed by atoms with van der Waals surface area (Å²) in [4.78, 5) is 50.7. The highest BCUT2D eigenvalue weighted by atomic mass is 19.3. The number of benzene rings is 1. The largest absolute Gasteiger partial charge is 0.456 e. The van der Waals surface area contributed by atoms with Crippen LogP contribution in [0.2, 0.25) is 0 Å². The molecule has 0 atom stereocenters. The molecule has 1 aromatic carbocycles. The molecule has 1 aromatic heterocycles. The molecule has 1 spiro atoms. The van der Waals surface area contributed by atoms with Gasteiger partial charge in [-0.25, -0.2) is 4.79 Å². The van der Waals surface area contributed by atoms with Gasteiger partial charge in [0.2, 0.25) is 5.78 Å². The average Bonchev–Trinajstić information content (AvgIpc) is 3.46. The van der Waals surface area contributed by atoms with Crippen molar-refractivity contribution >= 4 is 23.7 Å². The molecule has 2 aromatic rings. The molecule has 9 nitrogen and oxygen atoms in total. The normalized spacial score (nSPS) is 16.8. The molecule has 1 aliphatic heterocycles. The molecule has 2 fully saturated rings. The van der Waals surface area contributed by atoms with Gasteiger partial charge in [-0.15, -0.1) is 0 Å². The second-order valence-electron chi connectivity index (χ2n) is 8.69. The van der Waals surface area contributed by atoms with Crippen LogP contribution in [-0.4, -0.2) is 58.5 Å². The fourth-order valence-corrected chi connectivity index (χ4v) is 4.75. The summed E-state index contributed by atoms with van der Waals surface area (Å²) in [6, 6.07) is 6.97. The van der Waals surface area contributed by atoms with Gasteiger partial charge in [-0.05, 0) is 57.0 Å². The summed E-state index contributed by atoms with van der Waals surface area (Å²) >= 11 is 0. The van der Waals surface area contributed by atoms with Gasteiger partial charge in [0, 0.05) is 22.6 Å². The van der Waals surface area contributed by atoms with Gasteiger partial charge in [0.15, 0.2) is 6.61 Å². The molecule has 1 saturated carbocycles. The molecule has 0 radical (unpaired) electrons. The van der Waals surface area contributed by atoms with Crippen molar-refractivity contribution < 1.29 is 37.4 Å². The van der Waals surface area contributed by atoms with Gasteiger partial charge in [0.1, 0.15) is 17.8 Å². The number of imide groups is 1. The molecule has 1 aliphatic carbocycles. The second kappa shape index (κ2) is 9.47. The number of ether oxygens (including phenoxy) is 2. The topological polar surface area (TPSA) is 107 Å². The highest BCUT2D eigenvalue weighted by Gasteiger charge is 2.52. The lowest BCUT2D eigenvalue weighted by atomic mass is 9.98. The van der Waals surface area contributed by atoms with Crippen molar-refractivity contribution in [2.45, 2.75) is 51.7 Å². The van der Waals surface area contributed by atoms with Crippen LogP contribution in [0.4, 0.5) is 13.6 Å². The van der Waals surface area contributed by atoms with Gasteiger partial charge >= 0.3 is 18.6 Å². The summed E-state index contributed by atoms with van der Waals surface area (Å²) in [5.74, 6) is -1.74. The first kappa shape index (κ1) is 24.4. The van der Waals surface area contributed by atoms with Crippen LogP contribution >= 0.6 is 0 Å². The van der Waals surface area contributed by atoms with E-state index in [0.717, 1.165) is 17.7 Å². The Kier molecular flexibility index (Phi) is 6.60. The number of esters is 1. The number of aromatic nitrogens is 1. The lowest BCUT2D eigenvalue weighted by Gasteiger charge is -2.19. The van der Waals surface area contributed by atoms with E-state index in [1.807, 2.05) is 0 Å². The SMILES string of the molecule is Cc1cc(C(=O)COC(=O)CN2C(=O)NC3(CCCC3)C2=O)c(C)n1-c1ccc(OC(F)F)cc1. The smallest absolute Gasteiger partial charge is 0.387 e. The predicted octanol–water partition coefficient (Wildman–Crippen LogP) is 3.29. The average molecular weight is 489 g/mol. The van der Waals surface area contributed by atoms with E-state index in [1.54, 1.807) is 36.6 Å². The molecule has 186 valence electrons. The van der Waals surface area contributed by atoms with Crippen LogP contribution in [-0.2, 0) is 14.3 Å². The zero-order valence-electron chi connectivity index (χ0n) is 19.3. The number of nitrogens with one attached hydrogen (secondary N) is 1. The van der Waals surface area contributed by atoms with E-state index in [9.17, 15) is 28.0 Å². The van der Waals surface area contributed by atoms with Crippen LogP contribution in [0.25, 0.3) is 5.69 Å². The van der Waals surface area contributed by atoms with E-state index in [2.05, 4.69) is 10.1 Å². The molecule has 0 bridgehead atoms. The number of urea groups is 1. The maximum absolute atomic E-state index is 12.8. The Morgan fingerprint density at radius 2 is 1.77 bits per heavy atom. The number of amides is 3. The third kappa shape index (κ3) is 4.75. The first-order valence-corrected chi connectivity index (χ1v) is 11.2. The number of ketones is 1. The van der Waals surface area contributed by atoms with E-state index >= 15 is 0 Å². The summed E-state index contributed by atoms with van der Waals surface area (Å²) in [5, 5.41) is 2.68. The maximum atomic E-state index is 12.8. The number of alkyl halides is 2. The Morgan fingerprint density at radius 3 is 2.40 bits per heavy atom. The molecular weight excluding hydrogens is 464 g/mol. The lowest BCUT2D eigenvalue weighted by Crippen LogP contribution is -2.44. The van der Waals surface area contributed by atoms with Crippen LogP contribution in [0.5, 0.6) is 5.75 Å². The van der Waals surface area contributed by atoms with Crippen LogP contribution in [0.1, 0.15) is 47.4 Å². The van der Waals surface area contributed by atoms with Crippen molar-refractivity contribution in [1.29, 1.82) is 0 Å². The fraction of sp³-hybridized carbons (Fsp3) is 0.417. The number of hydrogen-bond acceptors (Lipinski definition) is 6. The molecule has 2 aliphatic rings. The summed E-state index contributed by atoms with van der Waals surface area (Å²) in [7, 11) is 0. The van der Waals surface area contributed by atoms with Gasteiger partial charge in [-0.1, -0.05) is 12.8 Å². The van der Waals surface area contributed by atoms with Gasteiger partial charge in [0.25, 0.3) is 5.91 Å². The number of Topliss-reactive ketones (excluding diaryl/α,β-unsaturated/α-hetero) is 1. The molecule has 2 heterocycles. The highest BCUT2D eigenvalue weighted by molar-refractivity contribution is 6.09. The third-order valence-corrected chi connectivity index (χ3v) is 6.41. The van der Waals surface area contributed by atoms with Crippen LogP contribution in [0.15, 0.2) is 30.3 Å². The van der Waals surface area contributed by atoms with Crippen LogP contribution in [0.3, 0.4) is 0 Å². The van der Waals surface area contributed by atoms with Crippen molar-refractivity contribution in [2.75, 3.05) is 13.2 Å². The zero-order chi connectivity index (χ0) is 25.3. The van der Waals surface area contributed by atoms with Crippen molar-refractivity contribution in [2.24, 2.45) is 0 Å². The maximum Gasteiger partial charge on any atom is 0.387 e. The fourth-order valence-electron chi connectivity index (χ4n) is 4.75. The number of halogens is 2. The summed E-state index contributed by atoms with van der Waals surface area (Å²) in [6.45, 7) is -0.565. The summed E-state index contributed by atoms with van der Waals surface area (Å²) < 4.78 is 35.9. The van der Waals surface area contributed by atoms with E-state index in [0.29, 0.717) is 35.5 Å². The number of rotatable bonds is 8. The Hall–Kier alpha value is -3.76. The minimum absolute atomic E-state index is 0.0124. The lowest BCUT2D eigenvalue weighted by molar-refractivity contribution is -0.146. The van der Waals surface area contributed by atoms with Crippen LogP contribution in [0, 0.1) is 13.8 Å². The number of carbonyl (C=O) groups excluding carboxylic acids is 4. The standard InChI is InChI=1S/C24H25F2N3O6/c1-14-11-18(15(2)29(14)16-5-7-17(8-6-16)35-22(25)26)19(30)13-34-20(31)12-28-21(32)24(27-23(28)33)9-3-4-10-24/h5-8,11,22H,3-4,9-10,12-13H2,1-2H3,(H,27,33). The number of hydrogen-bond donors (Lipinski definition) is 1. The minimum atomic E-state index is -2.93. The molecule has 0 unspecified atom stereocenters. The summed E-state index contributed by atoms with van der Waals surface area (Å²) in [6.07, 6.45) is 2.73. The van der Waals surface area contributed by atoms with Gasteiger partial charge < -0.3 is 19.4 Å². The van der Waals surface area contributed by atoms with Gasteiger partial charge in [0.05, 0.1) is 0 Å². The molecule has 1 N–H and O–H groups in total. The first-order valence-electron chi connectivity index (χ1n) is 11.2. The molecule has 1 saturated heterocycles. The Balaban J connectivity index is 1.38. The van der Waals surface area contributed by atoms with E-state index < -0.39 is 49.0 Å². The molecule has 4 rings (SSSR count). The van der Waals surface area contributed by atoms with Crippen molar-refractivity contribution in [1.82, 2.24) is 14.8 Å². The van der Waals surface area contributed by atoms with Crippen molar-refractivity contribution in [3.63, 3.8) is 0 Å². The third-order valence-electron chi connectivity index (χ3n) is 6.41. The predicted molar refractivity (Wildman–Crippen MR) is 119 cm³/mol. The van der Waals surface area contributed by atoms with Gasteiger partial charge in [-0.3, -0.25) is 19.3 Å². The Bertz CT molecular complexity index is 1170. The number of aryl methyl sites for hydroxylation is 1.